The molecule has 0 aliphatic heterocycles. The highest BCUT2D eigenvalue weighted by Crippen LogP contribution is 2.30. The minimum atomic E-state index is 0.224. The van der Waals surface area contributed by atoms with Gasteiger partial charge in [0.2, 0.25) is 0 Å². The maximum absolute atomic E-state index is 12.1. The lowest BCUT2D eigenvalue weighted by molar-refractivity contribution is -0.119. The molecule has 0 saturated heterocycles. The number of hydrogen-bond acceptors (Lipinski definition) is 5. The summed E-state index contributed by atoms with van der Waals surface area (Å²) in [4.78, 5) is 20.7. The minimum absolute atomic E-state index is 0.224. The van der Waals surface area contributed by atoms with Gasteiger partial charge >= 0.3 is 0 Å². The van der Waals surface area contributed by atoms with Crippen LogP contribution < -0.4 is 0 Å². The van der Waals surface area contributed by atoms with Crippen LogP contribution >= 0.6 is 0 Å². The van der Waals surface area contributed by atoms with Crippen LogP contribution in [0.3, 0.4) is 0 Å². The Morgan fingerprint density at radius 2 is 2.07 bits per heavy atom. The summed E-state index contributed by atoms with van der Waals surface area (Å²) in [6.45, 7) is 0.655. The van der Waals surface area contributed by atoms with E-state index in [1.54, 1.807) is 10.7 Å². The number of fused-ring (bicyclic) bond motifs is 1. The summed E-state index contributed by atoms with van der Waals surface area (Å²) >= 11 is 0. The summed E-state index contributed by atoms with van der Waals surface area (Å²) in [5, 5.41) is 9.02. The van der Waals surface area contributed by atoms with Crippen molar-refractivity contribution in [3.8, 4) is 11.3 Å². The van der Waals surface area contributed by atoms with Crippen molar-refractivity contribution in [2.75, 3.05) is 0 Å². The van der Waals surface area contributed by atoms with Crippen molar-refractivity contribution in [3.05, 3.63) is 66.5 Å². The lowest BCUT2D eigenvalue weighted by atomic mass is 10.2. The maximum atomic E-state index is 12.1. The van der Waals surface area contributed by atoms with Crippen LogP contribution in [-0.2, 0) is 17.8 Å². The summed E-state index contributed by atoms with van der Waals surface area (Å²) < 4.78 is 3.67. The minimum Gasteiger partial charge on any atom is -0.299 e. The molecule has 0 bridgehead atoms. The van der Waals surface area contributed by atoms with Crippen molar-refractivity contribution in [2.45, 2.75) is 25.8 Å². The predicted molar refractivity (Wildman–Crippen MR) is 99.0 cm³/mol. The molecule has 1 saturated carbocycles. The van der Waals surface area contributed by atoms with Crippen LogP contribution in [0.1, 0.15) is 24.2 Å². The molecule has 1 aliphatic rings. The number of carbonyl (C=O) groups excluding carboxylic acids is 1. The number of carbonyl (C=O) groups is 1. The van der Waals surface area contributed by atoms with Gasteiger partial charge in [0.25, 0.3) is 0 Å². The largest absolute Gasteiger partial charge is 0.299 e. The van der Waals surface area contributed by atoms with Crippen LogP contribution in [0.2, 0.25) is 0 Å². The van der Waals surface area contributed by atoms with Crippen molar-refractivity contribution < 1.29 is 4.79 Å². The van der Waals surface area contributed by atoms with Gasteiger partial charge in [-0.2, -0.15) is 10.2 Å². The smallest absolute Gasteiger partial charge is 0.159 e. The van der Waals surface area contributed by atoms with E-state index < -0.39 is 0 Å². The molecule has 0 unspecified atom stereocenters. The fraction of sp³-hybridized carbons (Fsp3) is 0.250. The van der Waals surface area contributed by atoms with Gasteiger partial charge in [-0.15, -0.1) is 0 Å². The van der Waals surface area contributed by atoms with Crippen LogP contribution in [0.25, 0.3) is 16.9 Å². The normalized spacial score (nSPS) is 13.9. The number of aromatic nitrogens is 6. The Bertz CT molecular complexity index is 1110. The molecule has 5 rings (SSSR count). The van der Waals surface area contributed by atoms with Crippen molar-refractivity contribution in [1.82, 2.24) is 29.4 Å². The third kappa shape index (κ3) is 3.23. The molecule has 7 heteroatoms. The number of Topliss-reactive ketones (excluding diaryl/α,β-unsaturated/α-hetero) is 1. The van der Waals surface area contributed by atoms with Gasteiger partial charge in [0.05, 0.1) is 24.9 Å². The Hall–Kier alpha value is -3.35. The Balaban J connectivity index is 1.44. The zero-order valence-electron chi connectivity index (χ0n) is 14.7. The highest BCUT2D eigenvalue weighted by atomic mass is 16.1. The van der Waals surface area contributed by atoms with Crippen molar-refractivity contribution in [2.24, 2.45) is 5.92 Å². The Morgan fingerprint density at radius 1 is 1.15 bits per heavy atom. The number of ketones is 1. The Morgan fingerprint density at radius 3 is 2.89 bits per heavy atom. The first-order valence-corrected chi connectivity index (χ1v) is 9.05. The highest BCUT2D eigenvalue weighted by Gasteiger charge is 2.30. The second-order valence-electron chi connectivity index (χ2n) is 6.91. The topological polar surface area (TPSA) is 78.0 Å². The summed E-state index contributed by atoms with van der Waals surface area (Å²) in [6.07, 6.45) is 9.73. The second-order valence-corrected chi connectivity index (χ2v) is 6.91. The first-order valence-electron chi connectivity index (χ1n) is 9.05. The zero-order chi connectivity index (χ0) is 18.2. The molecule has 0 atom stereocenters. The van der Waals surface area contributed by atoms with E-state index in [1.807, 2.05) is 53.6 Å². The van der Waals surface area contributed by atoms with Gasteiger partial charge in [-0.05, 0) is 36.6 Å². The van der Waals surface area contributed by atoms with E-state index in [4.69, 9.17) is 0 Å². The van der Waals surface area contributed by atoms with Crippen molar-refractivity contribution in [1.29, 1.82) is 0 Å². The first-order chi connectivity index (χ1) is 13.3. The summed E-state index contributed by atoms with van der Waals surface area (Å²) in [7, 11) is 0. The Labute approximate surface area is 155 Å². The van der Waals surface area contributed by atoms with Crippen LogP contribution in [0.4, 0.5) is 0 Å². The number of rotatable bonds is 6. The monoisotopic (exact) mass is 358 g/mol. The van der Waals surface area contributed by atoms with Gasteiger partial charge in [-0.1, -0.05) is 12.1 Å². The number of nitrogens with zero attached hydrogens (tertiary/aromatic N) is 6. The lowest BCUT2D eigenvalue weighted by Gasteiger charge is -2.02. The molecule has 1 aliphatic carbocycles. The van der Waals surface area contributed by atoms with Gasteiger partial charge in [-0.3, -0.25) is 14.5 Å². The van der Waals surface area contributed by atoms with E-state index in [9.17, 15) is 4.79 Å². The molecule has 7 nitrogen and oxygen atoms in total. The van der Waals surface area contributed by atoms with Crippen LogP contribution in [0, 0.1) is 5.92 Å². The van der Waals surface area contributed by atoms with Crippen molar-refractivity contribution in [3.63, 3.8) is 0 Å². The molecular formula is C20H18N6O. The fourth-order valence-corrected chi connectivity index (χ4v) is 3.21. The molecule has 1 fully saturated rings. The van der Waals surface area contributed by atoms with E-state index in [0.29, 0.717) is 18.8 Å². The number of pyridine rings is 2. The third-order valence-corrected chi connectivity index (χ3v) is 4.77. The van der Waals surface area contributed by atoms with Crippen LogP contribution in [0.5, 0.6) is 0 Å². The van der Waals surface area contributed by atoms with Gasteiger partial charge in [0.15, 0.2) is 11.5 Å². The van der Waals surface area contributed by atoms with Gasteiger partial charge in [0, 0.05) is 30.1 Å². The molecule has 4 aromatic rings. The second kappa shape index (κ2) is 6.42. The summed E-state index contributed by atoms with van der Waals surface area (Å²) in [6, 6.07) is 9.78. The average Bonchev–Trinajstić information content (AvgIpc) is 3.31. The molecule has 0 aromatic carbocycles. The Kier molecular flexibility index (Phi) is 3.78. The van der Waals surface area contributed by atoms with E-state index >= 15 is 0 Å². The van der Waals surface area contributed by atoms with E-state index in [-0.39, 0.29) is 11.7 Å². The van der Waals surface area contributed by atoms with Gasteiger partial charge in [0.1, 0.15) is 5.78 Å². The maximum Gasteiger partial charge on any atom is 0.159 e. The van der Waals surface area contributed by atoms with Crippen LogP contribution in [0.15, 0.2) is 55.1 Å². The fourth-order valence-electron chi connectivity index (χ4n) is 3.21. The number of hydrogen-bond donors (Lipinski definition) is 0. The van der Waals surface area contributed by atoms with Gasteiger partial charge in [-0.25, -0.2) is 9.50 Å². The lowest BCUT2D eigenvalue weighted by Crippen LogP contribution is -2.06. The standard InChI is InChI=1S/C20H18N6O/c27-18(15-6-7-15)9-19-23-20-5-1-4-17(26(20)24-19)16-11-22-25(13-16)12-14-3-2-8-21-10-14/h1-5,8,10-11,13,15H,6-7,9,12H2. The van der Waals surface area contributed by atoms with E-state index in [0.717, 1.165) is 35.3 Å². The first kappa shape index (κ1) is 15.9. The summed E-state index contributed by atoms with van der Waals surface area (Å²) in [5.41, 5.74) is 3.69. The molecule has 4 heterocycles. The molecule has 0 radical (unpaired) electrons. The molecule has 0 N–H and O–H groups in total. The average molecular weight is 358 g/mol. The SMILES string of the molecule is O=C(Cc1nc2cccc(-c3cnn(Cc4cccnc4)c3)n2n1)C1CC1. The van der Waals surface area contributed by atoms with E-state index in [2.05, 4.69) is 20.2 Å². The quantitative estimate of drug-likeness (QED) is 0.529. The van der Waals surface area contributed by atoms with Crippen LogP contribution in [-0.4, -0.2) is 35.1 Å². The highest BCUT2D eigenvalue weighted by molar-refractivity contribution is 5.84. The predicted octanol–water partition coefficient (Wildman–Crippen LogP) is 2.56. The molecule has 0 spiro atoms. The molecule has 134 valence electrons. The molecular weight excluding hydrogens is 340 g/mol. The molecule has 4 aromatic heterocycles. The van der Waals surface area contributed by atoms with Crippen molar-refractivity contribution >= 4 is 11.4 Å². The van der Waals surface area contributed by atoms with E-state index in [1.165, 1.54) is 0 Å². The molecule has 0 amide bonds. The van der Waals surface area contributed by atoms with Gasteiger partial charge < -0.3 is 0 Å². The third-order valence-electron chi connectivity index (χ3n) is 4.77. The summed E-state index contributed by atoms with van der Waals surface area (Å²) in [5.74, 6) is 1.06. The molecule has 27 heavy (non-hydrogen) atoms. The zero-order valence-corrected chi connectivity index (χ0v) is 14.7.